The summed E-state index contributed by atoms with van der Waals surface area (Å²) in [7, 11) is 1.54. The molecular weight excluding hydrogens is 322 g/mol. The van der Waals surface area contributed by atoms with Gasteiger partial charge in [0.05, 0.1) is 11.7 Å². The van der Waals surface area contributed by atoms with Gasteiger partial charge in [0.15, 0.2) is 0 Å². The summed E-state index contributed by atoms with van der Waals surface area (Å²) in [6.45, 7) is 2.27. The van der Waals surface area contributed by atoms with Crippen molar-refractivity contribution in [1.82, 2.24) is 9.88 Å². The number of anilines is 1. The molecule has 0 radical (unpaired) electrons. The molecule has 0 spiro atoms. The fraction of sp³-hybridized carbons (Fsp3) is 0.611. The van der Waals surface area contributed by atoms with Crippen molar-refractivity contribution in [2.45, 2.75) is 44.2 Å². The molecule has 0 saturated carbocycles. The van der Waals surface area contributed by atoms with Gasteiger partial charge in [0.1, 0.15) is 11.9 Å². The number of rotatable bonds is 4. The van der Waals surface area contributed by atoms with E-state index in [1.54, 1.807) is 12.3 Å². The number of aromatic nitrogens is 1. The van der Waals surface area contributed by atoms with Gasteiger partial charge >= 0.3 is 5.97 Å². The fourth-order valence-corrected chi connectivity index (χ4v) is 3.59. The van der Waals surface area contributed by atoms with Crippen molar-refractivity contribution in [3.05, 3.63) is 23.9 Å². The summed E-state index contributed by atoms with van der Waals surface area (Å²) in [4.78, 5) is 32.2. The van der Waals surface area contributed by atoms with Crippen LogP contribution in [-0.4, -0.2) is 65.8 Å². The molecule has 2 aliphatic rings. The van der Waals surface area contributed by atoms with Gasteiger partial charge in [-0.3, -0.25) is 4.79 Å². The number of carbonyl (C=O) groups is 2. The maximum atomic E-state index is 12.7. The number of carbonyl (C=O) groups excluding carboxylic acids is 1. The Bertz CT molecular complexity index is 611. The first-order chi connectivity index (χ1) is 12.1. The van der Waals surface area contributed by atoms with Crippen molar-refractivity contribution >= 4 is 17.7 Å². The summed E-state index contributed by atoms with van der Waals surface area (Å²) in [5, 5.41) is 9.36. The highest BCUT2D eigenvalue weighted by atomic mass is 16.5. The summed E-state index contributed by atoms with van der Waals surface area (Å²) >= 11 is 0. The molecule has 0 aliphatic carbocycles. The highest BCUT2D eigenvalue weighted by Crippen LogP contribution is 2.23. The zero-order valence-electron chi connectivity index (χ0n) is 14.6. The van der Waals surface area contributed by atoms with Crippen molar-refractivity contribution in [2.24, 2.45) is 0 Å². The average Bonchev–Trinajstić information content (AvgIpc) is 2.89. The van der Waals surface area contributed by atoms with Crippen LogP contribution in [0.1, 0.15) is 42.5 Å². The van der Waals surface area contributed by atoms with Crippen LogP contribution in [0.5, 0.6) is 0 Å². The van der Waals surface area contributed by atoms with E-state index in [1.807, 2.05) is 6.07 Å². The number of hydrogen-bond acceptors (Lipinski definition) is 5. The molecule has 2 saturated heterocycles. The molecule has 0 aromatic carbocycles. The van der Waals surface area contributed by atoms with E-state index in [1.165, 1.54) is 24.9 Å². The van der Waals surface area contributed by atoms with Crippen molar-refractivity contribution in [1.29, 1.82) is 0 Å². The van der Waals surface area contributed by atoms with E-state index >= 15 is 0 Å². The predicted octanol–water partition coefficient (Wildman–Crippen LogP) is 1.78. The molecule has 1 aromatic heterocycles. The maximum Gasteiger partial charge on any atom is 0.326 e. The third kappa shape index (κ3) is 3.92. The van der Waals surface area contributed by atoms with E-state index in [-0.39, 0.29) is 12.0 Å². The summed E-state index contributed by atoms with van der Waals surface area (Å²) in [5.74, 6) is -0.423. The number of hydrogen-bond donors (Lipinski definition) is 1. The van der Waals surface area contributed by atoms with Crippen LogP contribution < -0.4 is 4.90 Å². The summed E-state index contributed by atoms with van der Waals surface area (Å²) in [6.07, 6.45) is 6.45. The first-order valence-electron chi connectivity index (χ1n) is 8.87. The quantitative estimate of drug-likeness (QED) is 0.894. The normalized spacial score (nSPS) is 24.2. The second-order valence-corrected chi connectivity index (χ2v) is 6.71. The van der Waals surface area contributed by atoms with Gasteiger partial charge in [0.25, 0.3) is 5.91 Å². The first kappa shape index (κ1) is 17.7. The number of aliphatic carboxylic acids is 1. The van der Waals surface area contributed by atoms with Crippen molar-refractivity contribution in [3.63, 3.8) is 0 Å². The van der Waals surface area contributed by atoms with E-state index < -0.39 is 12.0 Å². The number of pyridine rings is 1. The topological polar surface area (TPSA) is 83.0 Å². The van der Waals surface area contributed by atoms with E-state index in [2.05, 4.69) is 9.88 Å². The number of carboxylic acids is 1. The van der Waals surface area contributed by atoms with Crippen molar-refractivity contribution < 1.29 is 19.4 Å². The Kier molecular flexibility index (Phi) is 5.53. The van der Waals surface area contributed by atoms with Crippen LogP contribution in [-0.2, 0) is 9.53 Å². The number of nitrogens with zero attached hydrogens (tertiary/aromatic N) is 3. The van der Waals surface area contributed by atoms with E-state index in [4.69, 9.17) is 4.74 Å². The molecule has 1 aromatic rings. The van der Waals surface area contributed by atoms with Gasteiger partial charge in [-0.25, -0.2) is 9.78 Å². The minimum absolute atomic E-state index is 0.241. The van der Waals surface area contributed by atoms with Crippen LogP contribution in [0.25, 0.3) is 0 Å². The standard InChI is InChI=1S/C18H25N3O4/c1-25-14-10-15(18(23)24)21(12-14)17(22)13-6-7-16(19-11-13)20-8-4-2-3-5-9-20/h6-7,11,14-15H,2-5,8-10,12H2,1H3,(H,23,24). The molecule has 3 rings (SSSR count). The van der Waals surface area contributed by atoms with Gasteiger partial charge in [-0.1, -0.05) is 12.8 Å². The molecule has 2 fully saturated rings. The second kappa shape index (κ2) is 7.82. The molecule has 136 valence electrons. The van der Waals surface area contributed by atoms with Crippen molar-refractivity contribution in [2.75, 3.05) is 31.6 Å². The largest absolute Gasteiger partial charge is 0.480 e. The molecule has 7 heteroatoms. The number of methoxy groups -OCH3 is 1. The summed E-state index contributed by atoms with van der Waals surface area (Å²) < 4.78 is 5.24. The predicted molar refractivity (Wildman–Crippen MR) is 92.8 cm³/mol. The van der Waals surface area contributed by atoms with E-state index in [9.17, 15) is 14.7 Å². The lowest BCUT2D eigenvalue weighted by Gasteiger charge is -2.23. The van der Waals surface area contributed by atoms with Gasteiger partial charge in [-0.2, -0.15) is 0 Å². The van der Waals surface area contributed by atoms with Crippen LogP contribution >= 0.6 is 0 Å². The SMILES string of the molecule is COC1CC(C(=O)O)N(C(=O)c2ccc(N3CCCCCC3)nc2)C1. The third-order valence-corrected chi connectivity index (χ3v) is 5.07. The Morgan fingerprint density at radius 1 is 1.20 bits per heavy atom. The van der Waals surface area contributed by atoms with Crippen LogP contribution in [0, 0.1) is 0 Å². The number of carboxylic acid groups (broad SMARTS) is 1. The van der Waals surface area contributed by atoms with Crippen LogP contribution in [0.4, 0.5) is 5.82 Å². The second-order valence-electron chi connectivity index (χ2n) is 6.71. The molecule has 7 nitrogen and oxygen atoms in total. The zero-order valence-corrected chi connectivity index (χ0v) is 14.6. The highest BCUT2D eigenvalue weighted by molar-refractivity contribution is 5.97. The molecule has 0 bridgehead atoms. The monoisotopic (exact) mass is 347 g/mol. The average molecular weight is 347 g/mol. The Hall–Kier alpha value is -2.15. The maximum absolute atomic E-state index is 12.7. The molecule has 2 atom stereocenters. The Balaban J connectivity index is 1.72. The summed E-state index contributed by atoms with van der Waals surface area (Å²) in [5.41, 5.74) is 0.418. The zero-order chi connectivity index (χ0) is 17.8. The lowest BCUT2D eigenvalue weighted by atomic mass is 10.2. The van der Waals surface area contributed by atoms with Gasteiger partial charge in [-0.15, -0.1) is 0 Å². The fourth-order valence-electron chi connectivity index (χ4n) is 3.59. The van der Waals surface area contributed by atoms with Crippen LogP contribution in [0.15, 0.2) is 18.3 Å². The third-order valence-electron chi connectivity index (χ3n) is 5.07. The number of amides is 1. The van der Waals surface area contributed by atoms with Gasteiger partial charge in [0, 0.05) is 39.4 Å². The summed E-state index contributed by atoms with van der Waals surface area (Å²) in [6, 6.07) is 2.76. The van der Waals surface area contributed by atoms with Gasteiger partial charge < -0.3 is 19.6 Å². The molecule has 2 aliphatic heterocycles. The van der Waals surface area contributed by atoms with Crippen LogP contribution in [0.3, 0.4) is 0 Å². The molecule has 2 unspecified atom stereocenters. The highest BCUT2D eigenvalue weighted by Gasteiger charge is 2.40. The first-order valence-corrected chi connectivity index (χ1v) is 8.87. The lowest BCUT2D eigenvalue weighted by Crippen LogP contribution is -2.40. The van der Waals surface area contributed by atoms with Gasteiger partial charge in [0.2, 0.25) is 0 Å². The number of likely N-dealkylation sites (tertiary alicyclic amines) is 1. The van der Waals surface area contributed by atoms with E-state index in [0.29, 0.717) is 18.5 Å². The van der Waals surface area contributed by atoms with Crippen molar-refractivity contribution in [3.8, 4) is 0 Å². The molecular formula is C18H25N3O4. The smallest absolute Gasteiger partial charge is 0.326 e. The molecule has 1 N–H and O–H groups in total. The Morgan fingerprint density at radius 2 is 1.92 bits per heavy atom. The van der Waals surface area contributed by atoms with Crippen LogP contribution in [0.2, 0.25) is 0 Å². The Morgan fingerprint density at radius 3 is 2.48 bits per heavy atom. The van der Waals surface area contributed by atoms with E-state index in [0.717, 1.165) is 31.7 Å². The van der Waals surface area contributed by atoms with Gasteiger partial charge in [-0.05, 0) is 25.0 Å². The molecule has 3 heterocycles. The minimum Gasteiger partial charge on any atom is -0.480 e. The Labute approximate surface area is 147 Å². The minimum atomic E-state index is -0.998. The molecule has 1 amide bonds. The molecule has 25 heavy (non-hydrogen) atoms. The number of ether oxygens (including phenoxy) is 1. The lowest BCUT2D eigenvalue weighted by molar-refractivity contribution is -0.141.